The monoisotopic (exact) mass is 198 g/mol. The molecule has 0 saturated heterocycles. The molecule has 0 radical (unpaired) electrons. The highest BCUT2D eigenvalue weighted by Gasteiger charge is 2.14. The summed E-state index contributed by atoms with van der Waals surface area (Å²) in [7, 11) is 1.46. The van der Waals surface area contributed by atoms with Gasteiger partial charge in [0.25, 0.3) is 0 Å². The fourth-order valence-corrected chi connectivity index (χ4v) is 1.22. The summed E-state index contributed by atoms with van der Waals surface area (Å²) >= 11 is 5.86. The SMILES string of the molecule is C=C(OC)[C@H](O)c1ccccc1Cl. The summed E-state index contributed by atoms with van der Waals surface area (Å²) in [6.45, 7) is 3.56. The Bertz CT molecular complexity index is 310. The fraction of sp³-hybridized carbons (Fsp3) is 0.200. The summed E-state index contributed by atoms with van der Waals surface area (Å²) < 4.78 is 4.82. The second kappa shape index (κ2) is 4.30. The summed E-state index contributed by atoms with van der Waals surface area (Å²) in [5.74, 6) is 0.285. The van der Waals surface area contributed by atoms with Crippen molar-refractivity contribution in [2.75, 3.05) is 7.11 Å². The van der Waals surface area contributed by atoms with Crippen LogP contribution in [0.15, 0.2) is 36.6 Å². The standard InChI is InChI=1S/C10H11ClO2/c1-7(13-2)10(12)8-5-3-4-6-9(8)11/h3-6,10,12H,1H2,2H3/t10-/m0/s1. The minimum Gasteiger partial charge on any atom is -0.499 e. The Morgan fingerprint density at radius 2 is 2.15 bits per heavy atom. The maximum atomic E-state index is 9.66. The van der Waals surface area contributed by atoms with Gasteiger partial charge in [-0.15, -0.1) is 0 Å². The molecule has 1 aromatic rings. The first-order chi connectivity index (χ1) is 6.16. The van der Waals surface area contributed by atoms with Gasteiger partial charge in [0.2, 0.25) is 0 Å². The third-order valence-electron chi connectivity index (χ3n) is 1.77. The first-order valence-electron chi connectivity index (χ1n) is 3.82. The lowest BCUT2D eigenvalue weighted by Crippen LogP contribution is -2.02. The smallest absolute Gasteiger partial charge is 0.137 e. The Hall–Kier alpha value is -0.990. The largest absolute Gasteiger partial charge is 0.499 e. The van der Waals surface area contributed by atoms with E-state index in [0.717, 1.165) is 0 Å². The van der Waals surface area contributed by atoms with Gasteiger partial charge in [0.05, 0.1) is 7.11 Å². The number of benzene rings is 1. The molecule has 0 aliphatic heterocycles. The summed E-state index contributed by atoms with van der Waals surface area (Å²) in [4.78, 5) is 0. The number of ether oxygens (including phenoxy) is 1. The van der Waals surface area contributed by atoms with Gasteiger partial charge >= 0.3 is 0 Å². The van der Waals surface area contributed by atoms with E-state index in [1.54, 1.807) is 24.3 Å². The second-order valence-corrected chi connectivity index (χ2v) is 3.00. The van der Waals surface area contributed by atoms with Crippen molar-refractivity contribution < 1.29 is 9.84 Å². The lowest BCUT2D eigenvalue weighted by molar-refractivity contribution is 0.131. The minimum absolute atomic E-state index is 0.285. The van der Waals surface area contributed by atoms with Crippen molar-refractivity contribution in [1.29, 1.82) is 0 Å². The predicted octanol–water partition coefficient (Wildman–Crippen LogP) is 2.53. The first kappa shape index (κ1) is 10.1. The Morgan fingerprint density at radius 1 is 1.54 bits per heavy atom. The van der Waals surface area contributed by atoms with Crippen LogP contribution in [0.2, 0.25) is 5.02 Å². The van der Waals surface area contributed by atoms with Crippen molar-refractivity contribution in [3.63, 3.8) is 0 Å². The van der Waals surface area contributed by atoms with E-state index in [4.69, 9.17) is 16.3 Å². The summed E-state index contributed by atoms with van der Waals surface area (Å²) in [6, 6.07) is 7.04. The van der Waals surface area contributed by atoms with Crippen molar-refractivity contribution in [2.24, 2.45) is 0 Å². The van der Waals surface area contributed by atoms with Crippen LogP contribution in [0.25, 0.3) is 0 Å². The molecule has 0 spiro atoms. The van der Waals surface area contributed by atoms with E-state index in [1.165, 1.54) is 7.11 Å². The third kappa shape index (κ3) is 2.23. The van der Waals surface area contributed by atoms with Crippen LogP contribution in [-0.4, -0.2) is 12.2 Å². The molecule has 0 amide bonds. The van der Waals surface area contributed by atoms with E-state index in [2.05, 4.69) is 6.58 Å². The number of halogens is 1. The van der Waals surface area contributed by atoms with Crippen molar-refractivity contribution in [3.05, 3.63) is 47.2 Å². The van der Waals surface area contributed by atoms with Crippen molar-refractivity contribution >= 4 is 11.6 Å². The van der Waals surface area contributed by atoms with E-state index >= 15 is 0 Å². The average molecular weight is 199 g/mol. The number of aliphatic hydroxyl groups is 1. The highest BCUT2D eigenvalue weighted by atomic mass is 35.5. The molecule has 0 bridgehead atoms. The lowest BCUT2D eigenvalue weighted by Gasteiger charge is -2.13. The van der Waals surface area contributed by atoms with E-state index in [0.29, 0.717) is 10.6 Å². The van der Waals surface area contributed by atoms with E-state index in [9.17, 15) is 5.11 Å². The first-order valence-corrected chi connectivity index (χ1v) is 4.20. The maximum absolute atomic E-state index is 9.66. The zero-order valence-corrected chi connectivity index (χ0v) is 8.08. The van der Waals surface area contributed by atoms with Crippen LogP contribution in [0.4, 0.5) is 0 Å². The molecule has 2 nitrogen and oxygen atoms in total. The highest BCUT2D eigenvalue weighted by molar-refractivity contribution is 6.31. The number of hydrogen-bond donors (Lipinski definition) is 1. The number of rotatable bonds is 3. The molecule has 0 fully saturated rings. The van der Waals surface area contributed by atoms with Crippen LogP contribution in [0.5, 0.6) is 0 Å². The lowest BCUT2D eigenvalue weighted by atomic mass is 10.1. The molecule has 1 atom stereocenters. The molecular weight excluding hydrogens is 188 g/mol. The van der Waals surface area contributed by atoms with E-state index < -0.39 is 6.10 Å². The summed E-state index contributed by atoms with van der Waals surface area (Å²) in [5.41, 5.74) is 0.607. The van der Waals surface area contributed by atoms with Crippen LogP contribution in [0, 0.1) is 0 Å². The van der Waals surface area contributed by atoms with Gasteiger partial charge in [-0.05, 0) is 6.07 Å². The van der Waals surface area contributed by atoms with Crippen molar-refractivity contribution in [1.82, 2.24) is 0 Å². The van der Waals surface area contributed by atoms with Gasteiger partial charge < -0.3 is 9.84 Å². The topological polar surface area (TPSA) is 29.5 Å². The van der Waals surface area contributed by atoms with Crippen LogP contribution in [-0.2, 0) is 4.74 Å². The highest BCUT2D eigenvalue weighted by Crippen LogP contribution is 2.26. The molecule has 0 saturated carbocycles. The molecule has 3 heteroatoms. The quantitative estimate of drug-likeness (QED) is 0.757. The predicted molar refractivity (Wildman–Crippen MR) is 52.6 cm³/mol. The van der Waals surface area contributed by atoms with Gasteiger partial charge in [-0.2, -0.15) is 0 Å². The summed E-state index contributed by atoms with van der Waals surface area (Å²) in [5, 5.41) is 10.2. The van der Waals surface area contributed by atoms with Gasteiger partial charge in [0.1, 0.15) is 11.9 Å². The molecule has 0 aliphatic carbocycles. The molecule has 0 heterocycles. The average Bonchev–Trinajstić information content (AvgIpc) is 2.16. The number of methoxy groups -OCH3 is 1. The summed E-state index contributed by atoms with van der Waals surface area (Å²) in [6.07, 6.45) is -0.862. The molecule has 1 rings (SSSR count). The molecule has 13 heavy (non-hydrogen) atoms. The molecular formula is C10H11ClO2. The number of hydrogen-bond acceptors (Lipinski definition) is 2. The van der Waals surface area contributed by atoms with Gasteiger partial charge in [-0.25, -0.2) is 0 Å². The Labute approximate surface area is 82.4 Å². The zero-order chi connectivity index (χ0) is 9.84. The molecule has 0 aromatic heterocycles. The maximum Gasteiger partial charge on any atom is 0.137 e. The van der Waals surface area contributed by atoms with Crippen LogP contribution < -0.4 is 0 Å². The van der Waals surface area contributed by atoms with E-state index in [1.807, 2.05) is 0 Å². The van der Waals surface area contributed by atoms with Gasteiger partial charge in [0, 0.05) is 10.6 Å². The van der Waals surface area contributed by atoms with Gasteiger partial charge in [-0.1, -0.05) is 36.4 Å². The molecule has 0 unspecified atom stereocenters. The van der Waals surface area contributed by atoms with Gasteiger partial charge in [0.15, 0.2) is 0 Å². The van der Waals surface area contributed by atoms with Gasteiger partial charge in [-0.3, -0.25) is 0 Å². The minimum atomic E-state index is -0.862. The van der Waals surface area contributed by atoms with Crippen LogP contribution in [0.3, 0.4) is 0 Å². The van der Waals surface area contributed by atoms with E-state index in [-0.39, 0.29) is 5.76 Å². The number of aliphatic hydroxyl groups excluding tert-OH is 1. The van der Waals surface area contributed by atoms with Crippen molar-refractivity contribution in [3.8, 4) is 0 Å². The molecule has 70 valence electrons. The normalized spacial score (nSPS) is 12.2. The Balaban J connectivity index is 2.95. The van der Waals surface area contributed by atoms with Crippen LogP contribution >= 0.6 is 11.6 Å². The molecule has 1 N–H and O–H groups in total. The molecule has 0 aliphatic rings. The zero-order valence-electron chi connectivity index (χ0n) is 7.33. The second-order valence-electron chi connectivity index (χ2n) is 2.59. The Morgan fingerprint density at radius 3 is 2.69 bits per heavy atom. The van der Waals surface area contributed by atoms with Crippen LogP contribution in [0.1, 0.15) is 11.7 Å². The van der Waals surface area contributed by atoms with Crippen molar-refractivity contribution in [2.45, 2.75) is 6.10 Å². The third-order valence-corrected chi connectivity index (χ3v) is 2.11. The fourth-order valence-electron chi connectivity index (χ4n) is 0.982. The molecule has 1 aromatic carbocycles. The Kier molecular flexibility index (Phi) is 3.34.